The van der Waals surface area contributed by atoms with E-state index in [1.165, 1.54) is 26.3 Å². The maximum atomic E-state index is 13.8. The average Bonchev–Trinajstić information content (AvgIpc) is 2.46. The van der Waals surface area contributed by atoms with E-state index in [2.05, 4.69) is 0 Å². The fourth-order valence-corrected chi connectivity index (χ4v) is 3.53. The van der Waals surface area contributed by atoms with Gasteiger partial charge in [-0.1, -0.05) is 17.7 Å². The van der Waals surface area contributed by atoms with E-state index >= 15 is 0 Å². The second kappa shape index (κ2) is 5.96. The highest BCUT2D eigenvalue weighted by Gasteiger charge is 2.23. The third-order valence-corrected chi connectivity index (χ3v) is 5.24. The van der Waals surface area contributed by atoms with E-state index in [1.807, 2.05) is 26.0 Å². The number of hydrogen-bond acceptors (Lipinski definition) is 3. The molecule has 0 saturated carbocycles. The molecule has 0 saturated heterocycles. The van der Waals surface area contributed by atoms with Gasteiger partial charge in [0, 0.05) is 7.05 Å². The summed E-state index contributed by atoms with van der Waals surface area (Å²) in [6, 6.07) is 9.07. The van der Waals surface area contributed by atoms with E-state index in [-0.39, 0.29) is 10.6 Å². The highest BCUT2D eigenvalue weighted by atomic mass is 32.2. The standard InChI is InChI=1S/C16H18FNO3S/c1-11-5-7-15(12(2)9-11)18(3)22(19,20)13-6-8-16(21-4)14(17)10-13/h5-10H,1-4H3. The molecule has 0 spiro atoms. The molecule has 2 rings (SSSR count). The predicted octanol–water partition coefficient (Wildman–Crippen LogP) is 3.28. The van der Waals surface area contributed by atoms with Gasteiger partial charge in [0.25, 0.3) is 10.0 Å². The molecular weight excluding hydrogens is 305 g/mol. The second-order valence-electron chi connectivity index (χ2n) is 5.06. The van der Waals surface area contributed by atoms with Crippen molar-refractivity contribution in [1.29, 1.82) is 0 Å². The van der Waals surface area contributed by atoms with E-state index in [0.717, 1.165) is 21.5 Å². The van der Waals surface area contributed by atoms with Crippen LogP contribution in [-0.4, -0.2) is 22.6 Å². The molecule has 0 aromatic heterocycles. The third-order valence-electron chi connectivity index (χ3n) is 3.47. The number of ether oxygens (including phenoxy) is 1. The van der Waals surface area contributed by atoms with Gasteiger partial charge in [0.1, 0.15) is 0 Å². The lowest BCUT2D eigenvalue weighted by molar-refractivity contribution is 0.385. The van der Waals surface area contributed by atoms with Gasteiger partial charge in [-0.05, 0) is 43.7 Å². The molecule has 0 aliphatic rings. The van der Waals surface area contributed by atoms with Crippen LogP contribution in [0.2, 0.25) is 0 Å². The number of methoxy groups -OCH3 is 1. The Balaban J connectivity index is 2.47. The van der Waals surface area contributed by atoms with E-state index in [9.17, 15) is 12.8 Å². The molecule has 0 unspecified atom stereocenters. The summed E-state index contributed by atoms with van der Waals surface area (Å²) in [4.78, 5) is -0.117. The Hall–Kier alpha value is -2.08. The molecule has 0 bridgehead atoms. The Morgan fingerprint density at radius 3 is 2.32 bits per heavy atom. The minimum Gasteiger partial charge on any atom is -0.494 e. The van der Waals surface area contributed by atoms with Crippen LogP contribution in [0, 0.1) is 19.7 Å². The van der Waals surface area contributed by atoms with Crippen LogP contribution in [0.3, 0.4) is 0 Å². The molecule has 0 aliphatic carbocycles. The number of sulfonamides is 1. The largest absolute Gasteiger partial charge is 0.494 e. The summed E-state index contributed by atoms with van der Waals surface area (Å²) >= 11 is 0. The van der Waals surface area contributed by atoms with Crippen LogP contribution >= 0.6 is 0 Å². The highest BCUT2D eigenvalue weighted by molar-refractivity contribution is 7.92. The molecule has 0 N–H and O–H groups in total. The van der Waals surface area contributed by atoms with Crippen molar-refractivity contribution in [3.63, 3.8) is 0 Å². The molecular formula is C16H18FNO3S. The first-order valence-electron chi connectivity index (χ1n) is 6.67. The van der Waals surface area contributed by atoms with Crippen LogP contribution in [0.25, 0.3) is 0 Å². The van der Waals surface area contributed by atoms with Crippen LogP contribution in [0.15, 0.2) is 41.3 Å². The first kappa shape index (κ1) is 16.3. The lowest BCUT2D eigenvalue weighted by atomic mass is 10.1. The van der Waals surface area contributed by atoms with E-state index < -0.39 is 15.8 Å². The number of halogens is 1. The van der Waals surface area contributed by atoms with Crippen LogP contribution in [-0.2, 0) is 10.0 Å². The summed E-state index contributed by atoms with van der Waals surface area (Å²) in [5, 5.41) is 0. The zero-order valence-corrected chi connectivity index (χ0v) is 13.7. The smallest absolute Gasteiger partial charge is 0.264 e. The Labute approximate surface area is 130 Å². The van der Waals surface area contributed by atoms with Gasteiger partial charge in [-0.3, -0.25) is 4.31 Å². The topological polar surface area (TPSA) is 46.6 Å². The lowest BCUT2D eigenvalue weighted by Crippen LogP contribution is -2.27. The van der Waals surface area contributed by atoms with Gasteiger partial charge in [-0.2, -0.15) is 0 Å². The Morgan fingerprint density at radius 2 is 1.77 bits per heavy atom. The molecule has 2 aromatic rings. The molecule has 0 amide bonds. The summed E-state index contributed by atoms with van der Waals surface area (Å²) in [5.41, 5.74) is 2.43. The molecule has 2 aromatic carbocycles. The molecule has 4 nitrogen and oxygen atoms in total. The summed E-state index contributed by atoms with van der Waals surface area (Å²) in [6.45, 7) is 3.77. The number of rotatable bonds is 4. The Morgan fingerprint density at radius 1 is 1.09 bits per heavy atom. The van der Waals surface area contributed by atoms with Gasteiger partial charge in [-0.25, -0.2) is 12.8 Å². The summed E-state index contributed by atoms with van der Waals surface area (Å²) in [7, 11) is -1.06. The molecule has 0 fully saturated rings. The number of hydrogen-bond donors (Lipinski definition) is 0. The van der Waals surface area contributed by atoms with E-state index in [4.69, 9.17) is 4.74 Å². The SMILES string of the molecule is COc1ccc(S(=O)(=O)N(C)c2ccc(C)cc2C)cc1F. The quantitative estimate of drug-likeness (QED) is 0.867. The molecule has 118 valence electrons. The van der Waals surface area contributed by atoms with Crippen LogP contribution in [0.1, 0.15) is 11.1 Å². The van der Waals surface area contributed by atoms with Crippen molar-refractivity contribution >= 4 is 15.7 Å². The predicted molar refractivity (Wildman–Crippen MR) is 84.5 cm³/mol. The summed E-state index contributed by atoms with van der Waals surface area (Å²) in [6.07, 6.45) is 0. The van der Waals surface area contributed by atoms with Gasteiger partial charge in [0.2, 0.25) is 0 Å². The Bertz CT molecular complexity index is 803. The molecule has 0 heterocycles. The van der Waals surface area contributed by atoms with Crippen molar-refractivity contribution in [2.24, 2.45) is 0 Å². The Kier molecular flexibility index (Phi) is 4.42. The number of nitrogens with zero attached hydrogens (tertiary/aromatic N) is 1. The van der Waals surface area contributed by atoms with Crippen LogP contribution < -0.4 is 9.04 Å². The normalized spacial score (nSPS) is 11.3. The van der Waals surface area contributed by atoms with Crippen molar-refractivity contribution in [1.82, 2.24) is 0 Å². The molecule has 22 heavy (non-hydrogen) atoms. The zero-order chi connectivity index (χ0) is 16.5. The fraction of sp³-hybridized carbons (Fsp3) is 0.250. The minimum absolute atomic E-state index is 0.00752. The highest BCUT2D eigenvalue weighted by Crippen LogP contribution is 2.28. The molecule has 6 heteroatoms. The average molecular weight is 323 g/mol. The van der Waals surface area contributed by atoms with Gasteiger partial charge in [-0.15, -0.1) is 0 Å². The van der Waals surface area contributed by atoms with Gasteiger partial charge < -0.3 is 4.74 Å². The second-order valence-corrected chi connectivity index (χ2v) is 7.03. The third kappa shape index (κ3) is 2.92. The van der Waals surface area contributed by atoms with Crippen molar-refractivity contribution in [2.45, 2.75) is 18.7 Å². The first-order chi connectivity index (χ1) is 10.3. The minimum atomic E-state index is -3.84. The van der Waals surface area contributed by atoms with Crippen LogP contribution in [0.5, 0.6) is 5.75 Å². The van der Waals surface area contributed by atoms with Crippen molar-refractivity contribution in [2.75, 3.05) is 18.5 Å². The van der Waals surface area contributed by atoms with Crippen LogP contribution in [0.4, 0.5) is 10.1 Å². The summed E-state index contributed by atoms with van der Waals surface area (Å²) in [5.74, 6) is -0.703. The zero-order valence-electron chi connectivity index (χ0n) is 12.9. The van der Waals surface area contributed by atoms with Crippen molar-refractivity contribution < 1.29 is 17.5 Å². The first-order valence-corrected chi connectivity index (χ1v) is 8.11. The monoisotopic (exact) mass is 323 g/mol. The molecule has 0 radical (unpaired) electrons. The lowest BCUT2D eigenvalue weighted by Gasteiger charge is -2.22. The maximum absolute atomic E-state index is 13.8. The van der Waals surface area contributed by atoms with Crippen molar-refractivity contribution in [3.8, 4) is 5.75 Å². The van der Waals surface area contributed by atoms with E-state index in [1.54, 1.807) is 6.07 Å². The number of anilines is 1. The number of aryl methyl sites for hydroxylation is 2. The van der Waals surface area contributed by atoms with Gasteiger partial charge in [0.05, 0.1) is 17.7 Å². The fourth-order valence-electron chi connectivity index (χ4n) is 2.25. The summed E-state index contributed by atoms with van der Waals surface area (Å²) < 4.78 is 45.0. The maximum Gasteiger partial charge on any atom is 0.264 e. The van der Waals surface area contributed by atoms with Crippen molar-refractivity contribution in [3.05, 3.63) is 53.3 Å². The van der Waals surface area contributed by atoms with Gasteiger partial charge in [0.15, 0.2) is 11.6 Å². The van der Waals surface area contributed by atoms with Gasteiger partial charge >= 0.3 is 0 Å². The molecule has 0 atom stereocenters. The van der Waals surface area contributed by atoms with E-state index in [0.29, 0.717) is 5.69 Å². The number of benzene rings is 2. The molecule has 0 aliphatic heterocycles.